The van der Waals surface area contributed by atoms with Crippen molar-refractivity contribution in [1.82, 2.24) is 5.32 Å². The van der Waals surface area contributed by atoms with Crippen molar-refractivity contribution in [3.63, 3.8) is 0 Å². The summed E-state index contributed by atoms with van der Waals surface area (Å²) in [6.07, 6.45) is 20.8. The molecule has 2 heterocycles. The molecule has 4 heteroatoms. The van der Waals surface area contributed by atoms with Gasteiger partial charge in [-0.25, -0.2) is 0 Å². The van der Waals surface area contributed by atoms with Gasteiger partial charge in [0.05, 0.1) is 24.8 Å². The van der Waals surface area contributed by atoms with Gasteiger partial charge in [-0.1, -0.05) is 44.9 Å². The largest absolute Gasteiger partial charge is 0.380 e. The van der Waals surface area contributed by atoms with E-state index in [0.29, 0.717) is 13.2 Å². The van der Waals surface area contributed by atoms with E-state index < -0.39 is 0 Å². The summed E-state index contributed by atoms with van der Waals surface area (Å²) in [5.41, 5.74) is 8.01. The van der Waals surface area contributed by atoms with Crippen molar-refractivity contribution < 1.29 is 4.74 Å². The number of hydrogen-bond donors (Lipinski definition) is 1. The van der Waals surface area contributed by atoms with Crippen molar-refractivity contribution in [1.29, 1.82) is 0 Å². The standard InChI is InChI=1S/C26H33N3O/c1-3-5-20-6-4-7-22(11-9-20)24-18-29-25-23(24)12-14-27-26(25)28-15-17-30-16-13-21-10-8-19(21)2/h6-7,9,11-12,14,18-19,21,23H,3,5,8,10,13,15-17H2,1-2H3,(H,27,28). The molecule has 4 nitrogen and oxygen atoms in total. The fourth-order valence-electron chi connectivity index (χ4n) is 4.41. The second-order valence-corrected chi connectivity index (χ2v) is 8.59. The minimum Gasteiger partial charge on any atom is -0.380 e. The maximum absolute atomic E-state index is 5.81. The normalized spacial score (nSPS) is 28.2. The lowest BCUT2D eigenvalue weighted by molar-refractivity contribution is 0.0892. The number of amidine groups is 1. The minimum absolute atomic E-state index is 0.149. The summed E-state index contributed by atoms with van der Waals surface area (Å²) in [5.74, 6) is 2.76. The minimum atomic E-state index is 0.149. The van der Waals surface area contributed by atoms with E-state index in [2.05, 4.69) is 55.3 Å². The molecule has 0 amide bonds. The summed E-state index contributed by atoms with van der Waals surface area (Å²) < 4.78 is 5.81. The Balaban J connectivity index is 1.31. The number of hydrogen-bond acceptors (Lipinski definition) is 3. The second-order valence-electron chi connectivity index (χ2n) is 8.59. The quantitative estimate of drug-likeness (QED) is 0.420. The number of rotatable bonds is 9. The third-order valence-electron chi connectivity index (χ3n) is 6.52. The number of ether oxygens (including phenoxy) is 1. The van der Waals surface area contributed by atoms with Crippen LogP contribution in [0.5, 0.6) is 0 Å². The second kappa shape index (κ2) is 10.1. The fraction of sp³-hybridized carbons (Fsp3) is 0.500. The summed E-state index contributed by atoms with van der Waals surface area (Å²) in [6.45, 7) is 6.73. The lowest BCUT2D eigenvalue weighted by atomic mass is 9.73. The van der Waals surface area contributed by atoms with Crippen molar-refractivity contribution in [2.24, 2.45) is 27.7 Å². The highest BCUT2D eigenvalue weighted by Gasteiger charge is 2.30. The zero-order valence-electron chi connectivity index (χ0n) is 18.2. The molecule has 4 aliphatic rings. The monoisotopic (exact) mass is 403 g/mol. The molecular weight excluding hydrogens is 370 g/mol. The molecule has 0 aromatic carbocycles. The Morgan fingerprint density at radius 2 is 2.17 bits per heavy atom. The van der Waals surface area contributed by atoms with E-state index in [1.54, 1.807) is 0 Å². The first-order chi connectivity index (χ1) is 14.8. The zero-order valence-corrected chi connectivity index (χ0v) is 18.2. The molecule has 1 saturated carbocycles. The molecule has 0 aromatic rings. The molecule has 30 heavy (non-hydrogen) atoms. The van der Waals surface area contributed by atoms with Gasteiger partial charge in [0.1, 0.15) is 5.84 Å². The first-order valence-electron chi connectivity index (χ1n) is 11.4. The summed E-state index contributed by atoms with van der Waals surface area (Å²) in [5, 5.41) is 3.27. The highest BCUT2D eigenvalue weighted by Crippen LogP contribution is 2.36. The average molecular weight is 404 g/mol. The topological polar surface area (TPSA) is 46.0 Å². The molecule has 1 N–H and O–H groups in total. The molecule has 1 fully saturated rings. The van der Waals surface area contributed by atoms with Crippen LogP contribution < -0.4 is 5.32 Å². The average Bonchev–Trinajstić information content (AvgIpc) is 3.05. The zero-order chi connectivity index (χ0) is 20.8. The Morgan fingerprint density at radius 3 is 2.97 bits per heavy atom. The van der Waals surface area contributed by atoms with Gasteiger partial charge in [-0.3, -0.25) is 9.98 Å². The number of nitrogens with one attached hydrogen (secondary N) is 1. The van der Waals surface area contributed by atoms with Crippen LogP contribution in [0.15, 0.2) is 75.2 Å². The molecule has 2 aliphatic carbocycles. The van der Waals surface area contributed by atoms with E-state index in [1.807, 2.05) is 12.4 Å². The van der Waals surface area contributed by atoms with Crippen LogP contribution in [0.2, 0.25) is 0 Å². The molecule has 0 radical (unpaired) electrons. The molecular formula is C26H33N3O. The molecule has 4 rings (SSSR count). The van der Waals surface area contributed by atoms with E-state index in [4.69, 9.17) is 14.7 Å². The predicted molar refractivity (Wildman–Crippen MR) is 125 cm³/mol. The number of fused-ring (bicyclic) bond motifs is 1. The maximum atomic E-state index is 5.81. The van der Waals surface area contributed by atoms with Crippen molar-refractivity contribution in [2.45, 2.75) is 46.0 Å². The van der Waals surface area contributed by atoms with Gasteiger partial charge in [-0.2, -0.15) is 0 Å². The van der Waals surface area contributed by atoms with E-state index in [9.17, 15) is 0 Å². The Morgan fingerprint density at radius 1 is 1.23 bits per heavy atom. The van der Waals surface area contributed by atoms with Crippen LogP contribution in [-0.4, -0.2) is 31.3 Å². The Labute approximate surface area is 180 Å². The smallest absolute Gasteiger partial charge is 0.148 e. The van der Waals surface area contributed by atoms with Gasteiger partial charge in [0.15, 0.2) is 0 Å². The van der Waals surface area contributed by atoms with Gasteiger partial charge in [0, 0.05) is 12.8 Å². The van der Waals surface area contributed by atoms with E-state index in [1.165, 1.54) is 36.0 Å². The molecule has 3 unspecified atom stereocenters. The third-order valence-corrected chi connectivity index (χ3v) is 6.52. The van der Waals surface area contributed by atoms with Crippen molar-refractivity contribution in [3.8, 4) is 0 Å². The lowest BCUT2D eigenvalue weighted by Gasteiger charge is -2.33. The van der Waals surface area contributed by atoms with Crippen molar-refractivity contribution >= 4 is 11.5 Å². The molecule has 3 atom stereocenters. The molecule has 158 valence electrons. The molecule has 0 aromatic heterocycles. The lowest BCUT2D eigenvalue weighted by Crippen LogP contribution is -2.36. The van der Waals surface area contributed by atoms with Crippen LogP contribution in [0.4, 0.5) is 0 Å². The van der Waals surface area contributed by atoms with Gasteiger partial charge >= 0.3 is 0 Å². The summed E-state index contributed by atoms with van der Waals surface area (Å²) >= 11 is 0. The molecule has 2 aliphatic heterocycles. The first kappa shape index (κ1) is 20.8. The number of nitrogens with zero attached hydrogens (tertiary/aromatic N) is 2. The summed E-state index contributed by atoms with van der Waals surface area (Å²) in [7, 11) is 0. The van der Waals surface area contributed by atoms with Crippen LogP contribution in [0.25, 0.3) is 0 Å². The van der Waals surface area contributed by atoms with Gasteiger partial charge in [-0.15, -0.1) is 5.73 Å². The third kappa shape index (κ3) is 4.83. The maximum Gasteiger partial charge on any atom is 0.148 e. The van der Waals surface area contributed by atoms with E-state index >= 15 is 0 Å². The predicted octanol–water partition coefficient (Wildman–Crippen LogP) is 5.29. The Kier molecular flexibility index (Phi) is 6.99. The van der Waals surface area contributed by atoms with Crippen LogP contribution in [0.1, 0.15) is 46.0 Å². The summed E-state index contributed by atoms with van der Waals surface area (Å²) in [6, 6.07) is 0. The highest BCUT2D eigenvalue weighted by molar-refractivity contribution is 6.44. The van der Waals surface area contributed by atoms with Gasteiger partial charge < -0.3 is 10.1 Å². The van der Waals surface area contributed by atoms with E-state index in [0.717, 1.165) is 42.8 Å². The van der Waals surface area contributed by atoms with Crippen molar-refractivity contribution in [2.75, 3.05) is 19.8 Å². The molecule has 0 bridgehead atoms. The van der Waals surface area contributed by atoms with Crippen molar-refractivity contribution in [3.05, 3.63) is 65.2 Å². The van der Waals surface area contributed by atoms with E-state index in [-0.39, 0.29) is 5.92 Å². The van der Waals surface area contributed by atoms with Gasteiger partial charge in [0.25, 0.3) is 0 Å². The fourth-order valence-corrected chi connectivity index (χ4v) is 4.41. The first-order valence-corrected chi connectivity index (χ1v) is 11.4. The Bertz CT molecular complexity index is 893. The highest BCUT2D eigenvalue weighted by atomic mass is 16.5. The van der Waals surface area contributed by atoms with Gasteiger partial charge in [-0.05, 0) is 66.2 Å². The SMILES string of the molecule is CCCC1=CC=C(C2=CN=C3C(=NCCOCCC4CCC4C)NC=CC23)C=C=C1. The van der Waals surface area contributed by atoms with Gasteiger partial charge in [0.2, 0.25) is 0 Å². The number of aliphatic imine (C=N–C) groups is 2. The molecule has 0 saturated heterocycles. The summed E-state index contributed by atoms with van der Waals surface area (Å²) in [4.78, 5) is 9.42. The van der Waals surface area contributed by atoms with Crippen LogP contribution in [0.3, 0.4) is 0 Å². The Hall–Kier alpha value is -2.42. The molecule has 0 spiro atoms. The number of allylic oxidation sites excluding steroid dienone is 7. The van der Waals surface area contributed by atoms with Crippen LogP contribution in [-0.2, 0) is 4.74 Å². The van der Waals surface area contributed by atoms with Crippen LogP contribution >= 0.6 is 0 Å². The van der Waals surface area contributed by atoms with Crippen LogP contribution in [0, 0.1) is 17.8 Å².